The van der Waals surface area contributed by atoms with Gasteiger partial charge in [0.05, 0.1) is 0 Å². The molecule has 4 heteroatoms. The van der Waals surface area contributed by atoms with E-state index in [1.807, 2.05) is 13.8 Å². The number of hydrogen-bond donors (Lipinski definition) is 0. The summed E-state index contributed by atoms with van der Waals surface area (Å²) in [5, 5.41) is 0. The van der Waals surface area contributed by atoms with Crippen LogP contribution < -0.4 is 0 Å². The number of carbonyl (C=O) groups excluding carboxylic acids is 2. The molecule has 2 saturated carbocycles. The topological polar surface area (TPSA) is 55.9 Å². The standard InChI is InChI=1S/C17H26O4/c1-10-7-6-8-12-9-13(19)17(15(3,4)21-17)14(16(10,12)5)20-11(2)18/h10,12,14H,6-9H2,1-5H3/t10-,12+,14-,16+,17-/m0/s1. The van der Waals surface area contributed by atoms with Gasteiger partial charge in [0, 0.05) is 18.8 Å². The molecule has 3 aliphatic rings. The minimum Gasteiger partial charge on any atom is -0.458 e. The maximum atomic E-state index is 12.8. The van der Waals surface area contributed by atoms with Gasteiger partial charge >= 0.3 is 5.97 Å². The third kappa shape index (κ3) is 1.77. The van der Waals surface area contributed by atoms with Gasteiger partial charge in [0.25, 0.3) is 0 Å². The van der Waals surface area contributed by atoms with E-state index in [1.54, 1.807) is 0 Å². The zero-order valence-electron chi connectivity index (χ0n) is 13.7. The van der Waals surface area contributed by atoms with E-state index in [1.165, 1.54) is 6.92 Å². The lowest BCUT2D eigenvalue weighted by Gasteiger charge is -2.54. The van der Waals surface area contributed by atoms with Crippen molar-refractivity contribution < 1.29 is 19.1 Å². The molecule has 3 rings (SSSR count). The highest BCUT2D eigenvalue weighted by Crippen LogP contribution is 2.65. The van der Waals surface area contributed by atoms with Crippen LogP contribution in [0.2, 0.25) is 0 Å². The number of fused-ring (bicyclic) bond motifs is 1. The molecule has 0 radical (unpaired) electrons. The summed E-state index contributed by atoms with van der Waals surface area (Å²) in [6.07, 6.45) is 3.41. The highest BCUT2D eigenvalue weighted by molar-refractivity contribution is 5.94. The fourth-order valence-corrected chi connectivity index (χ4v) is 4.96. The quantitative estimate of drug-likeness (QED) is 0.551. The van der Waals surface area contributed by atoms with Crippen LogP contribution in [0.5, 0.6) is 0 Å². The molecule has 1 heterocycles. The molecule has 0 aromatic carbocycles. The summed E-state index contributed by atoms with van der Waals surface area (Å²) in [6, 6.07) is 0. The molecule has 0 bridgehead atoms. The molecule has 0 unspecified atom stereocenters. The van der Waals surface area contributed by atoms with Crippen molar-refractivity contribution in [2.24, 2.45) is 17.3 Å². The van der Waals surface area contributed by atoms with Gasteiger partial charge in [-0.1, -0.05) is 26.7 Å². The third-order valence-electron chi connectivity index (χ3n) is 6.46. The first-order chi connectivity index (χ1) is 9.66. The van der Waals surface area contributed by atoms with Gasteiger partial charge in [-0.15, -0.1) is 0 Å². The van der Waals surface area contributed by atoms with Crippen LogP contribution in [0.25, 0.3) is 0 Å². The normalized spacial score (nSPS) is 47.9. The fourth-order valence-electron chi connectivity index (χ4n) is 4.96. The first-order valence-corrected chi connectivity index (χ1v) is 8.07. The van der Waals surface area contributed by atoms with Crippen molar-refractivity contribution in [2.45, 2.75) is 77.6 Å². The van der Waals surface area contributed by atoms with Crippen LogP contribution >= 0.6 is 0 Å². The van der Waals surface area contributed by atoms with E-state index in [-0.39, 0.29) is 17.2 Å². The second-order valence-corrected chi connectivity index (χ2v) is 7.86. The zero-order chi connectivity index (χ0) is 15.6. The molecule has 4 nitrogen and oxygen atoms in total. The van der Waals surface area contributed by atoms with Crippen molar-refractivity contribution in [1.29, 1.82) is 0 Å². The Bertz CT molecular complexity index is 497. The summed E-state index contributed by atoms with van der Waals surface area (Å²) >= 11 is 0. The van der Waals surface area contributed by atoms with E-state index >= 15 is 0 Å². The summed E-state index contributed by atoms with van der Waals surface area (Å²) < 4.78 is 11.6. The third-order valence-corrected chi connectivity index (χ3v) is 6.46. The second kappa shape index (κ2) is 4.31. The van der Waals surface area contributed by atoms with Crippen LogP contribution in [-0.2, 0) is 19.1 Å². The minimum absolute atomic E-state index is 0.121. The fraction of sp³-hybridized carbons (Fsp3) is 0.882. The lowest BCUT2D eigenvalue weighted by Crippen LogP contribution is -2.63. The Morgan fingerprint density at radius 1 is 1.29 bits per heavy atom. The van der Waals surface area contributed by atoms with E-state index in [0.717, 1.165) is 19.3 Å². The van der Waals surface area contributed by atoms with Gasteiger partial charge in [0.1, 0.15) is 11.7 Å². The predicted molar refractivity (Wildman–Crippen MR) is 77.7 cm³/mol. The van der Waals surface area contributed by atoms with Gasteiger partial charge < -0.3 is 9.47 Å². The number of Topliss-reactive ketones (excluding diaryl/α,β-unsaturated/α-hetero) is 1. The van der Waals surface area contributed by atoms with Gasteiger partial charge in [-0.2, -0.15) is 0 Å². The SMILES string of the molecule is CC(=O)O[C@H]1[C@@]2(C)[C@H](CCC[C@@H]2C)CC(=O)[C@]12OC2(C)C. The molecule has 1 spiro atoms. The maximum absolute atomic E-state index is 12.8. The molecule has 2 aliphatic carbocycles. The number of rotatable bonds is 1. The number of epoxide rings is 1. The average Bonchev–Trinajstić information content (AvgIpc) is 2.94. The Morgan fingerprint density at radius 3 is 2.43 bits per heavy atom. The highest BCUT2D eigenvalue weighted by Gasteiger charge is 2.80. The van der Waals surface area contributed by atoms with Crippen LogP contribution in [0.4, 0.5) is 0 Å². The molecule has 1 saturated heterocycles. The smallest absolute Gasteiger partial charge is 0.303 e. The van der Waals surface area contributed by atoms with Gasteiger partial charge in [-0.05, 0) is 32.1 Å². The van der Waals surface area contributed by atoms with Crippen molar-refractivity contribution in [3.05, 3.63) is 0 Å². The highest BCUT2D eigenvalue weighted by atomic mass is 16.7. The van der Waals surface area contributed by atoms with E-state index in [9.17, 15) is 9.59 Å². The van der Waals surface area contributed by atoms with Gasteiger partial charge in [-0.25, -0.2) is 0 Å². The first kappa shape index (κ1) is 15.0. The van der Waals surface area contributed by atoms with E-state index in [4.69, 9.17) is 9.47 Å². The monoisotopic (exact) mass is 294 g/mol. The molecule has 5 atom stereocenters. The minimum atomic E-state index is -0.921. The predicted octanol–water partition coefficient (Wildman–Crippen LogP) is 2.88. The average molecular weight is 294 g/mol. The van der Waals surface area contributed by atoms with Gasteiger partial charge in [0.2, 0.25) is 0 Å². The van der Waals surface area contributed by atoms with Crippen LogP contribution in [-0.4, -0.2) is 29.1 Å². The summed E-state index contributed by atoms with van der Waals surface area (Å²) in [7, 11) is 0. The second-order valence-electron chi connectivity index (χ2n) is 7.86. The van der Waals surface area contributed by atoms with Crippen LogP contribution in [0.3, 0.4) is 0 Å². The van der Waals surface area contributed by atoms with Crippen molar-refractivity contribution >= 4 is 11.8 Å². The van der Waals surface area contributed by atoms with E-state index < -0.39 is 17.3 Å². The maximum Gasteiger partial charge on any atom is 0.303 e. The Morgan fingerprint density at radius 2 is 1.90 bits per heavy atom. The van der Waals surface area contributed by atoms with E-state index in [2.05, 4.69) is 13.8 Å². The van der Waals surface area contributed by atoms with Crippen LogP contribution in [0, 0.1) is 17.3 Å². The van der Waals surface area contributed by atoms with Crippen LogP contribution in [0.1, 0.15) is 60.3 Å². The molecular formula is C17H26O4. The molecule has 21 heavy (non-hydrogen) atoms. The molecular weight excluding hydrogens is 268 g/mol. The lowest BCUT2D eigenvalue weighted by molar-refractivity contribution is -0.186. The summed E-state index contributed by atoms with van der Waals surface area (Å²) in [5.74, 6) is 0.516. The van der Waals surface area contributed by atoms with Crippen molar-refractivity contribution in [3.8, 4) is 0 Å². The Labute approximate surface area is 126 Å². The molecule has 0 amide bonds. The molecule has 3 fully saturated rings. The van der Waals surface area contributed by atoms with Gasteiger partial charge in [-0.3, -0.25) is 9.59 Å². The Hall–Kier alpha value is -0.900. The summed E-state index contributed by atoms with van der Waals surface area (Å²) in [4.78, 5) is 24.5. The Kier molecular flexibility index (Phi) is 3.08. The number of hydrogen-bond acceptors (Lipinski definition) is 4. The van der Waals surface area contributed by atoms with E-state index in [0.29, 0.717) is 18.3 Å². The largest absolute Gasteiger partial charge is 0.458 e. The van der Waals surface area contributed by atoms with Crippen molar-refractivity contribution in [3.63, 3.8) is 0 Å². The summed E-state index contributed by atoms with van der Waals surface area (Å²) in [6.45, 7) is 9.70. The van der Waals surface area contributed by atoms with Gasteiger partial charge in [0.15, 0.2) is 11.4 Å². The molecule has 0 aromatic heterocycles. The van der Waals surface area contributed by atoms with Crippen LogP contribution in [0.15, 0.2) is 0 Å². The lowest BCUT2D eigenvalue weighted by atomic mass is 9.51. The molecule has 118 valence electrons. The zero-order valence-corrected chi connectivity index (χ0v) is 13.7. The number of esters is 1. The number of carbonyl (C=O) groups is 2. The molecule has 0 N–H and O–H groups in total. The van der Waals surface area contributed by atoms with Crippen molar-refractivity contribution in [2.75, 3.05) is 0 Å². The number of ether oxygens (including phenoxy) is 2. The molecule has 1 aliphatic heterocycles. The van der Waals surface area contributed by atoms with Crippen molar-refractivity contribution in [1.82, 2.24) is 0 Å². The number of ketones is 1. The molecule has 0 aromatic rings. The Balaban J connectivity index is 2.08. The summed E-state index contributed by atoms with van der Waals surface area (Å²) in [5.41, 5.74) is -1.63. The first-order valence-electron chi connectivity index (χ1n) is 8.07.